The summed E-state index contributed by atoms with van der Waals surface area (Å²) < 4.78 is 36.1. The van der Waals surface area contributed by atoms with Crippen LogP contribution in [-0.4, -0.2) is 40.3 Å². The first-order valence-corrected chi connectivity index (χ1v) is 5.90. The number of rotatable bonds is 3. The molecule has 1 aliphatic heterocycles. The van der Waals surface area contributed by atoms with E-state index in [2.05, 4.69) is 0 Å². The van der Waals surface area contributed by atoms with Crippen LogP contribution in [0.1, 0.15) is 38.5 Å². The maximum absolute atomic E-state index is 12.0. The molecule has 2 fully saturated rings. The van der Waals surface area contributed by atoms with Crippen LogP contribution >= 0.6 is 0 Å². The van der Waals surface area contributed by atoms with Gasteiger partial charge in [0.05, 0.1) is 18.1 Å². The van der Waals surface area contributed by atoms with Crippen LogP contribution in [0.3, 0.4) is 0 Å². The van der Waals surface area contributed by atoms with Crippen molar-refractivity contribution in [3.63, 3.8) is 0 Å². The van der Waals surface area contributed by atoms with Gasteiger partial charge in [-0.25, -0.2) is 0 Å². The smallest absolute Gasteiger partial charge is 0.388 e. The molecular formula is C11H16F3NO2. The molecule has 0 bridgehead atoms. The summed E-state index contributed by atoms with van der Waals surface area (Å²) in [6.07, 6.45) is -3.09. The summed E-state index contributed by atoms with van der Waals surface area (Å²) in [6, 6.07) is -0.261. The van der Waals surface area contributed by atoms with Crippen molar-refractivity contribution in [1.82, 2.24) is 4.90 Å². The fourth-order valence-corrected chi connectivity index (χ4v) is 2.48. The molecular weight excluding hydrogens is 235 g/mol. The van der Waals surface area contributed by atoms with Crippen LogP contribution in [0, 0.1) is 0 Å². The summed E-state index contributed by atoms with van der Waals surface area (Å²) in [5, 5.41) is 9.96. The summed E-state index contributed by atoms with van der Waals surface area (Å²) >= 11 is 0. The molecule has 3 nitrogen and oxygen atoms in total. The molecule has 2 aliphatic rings. The van der Waals surface area contributed by atoms with E-state index in [-0.39, 0.29) is 6.04 Å². The van der Waals surface area contributed by atoms with E-state index in [1.54, 1.807) is 0 Å². The Labute approximate surface area is 97.6 Å². The molecule has 1 aliphatic carbocycles. The zero-order chi connectivity index (χ0) is 12.7. The maximum Gasteiger partial charge on any atom is 0.389 e. The molecule has 0 spiro atoms. The molecule has 6 heteroatoms. The molecule has 1 unspecified atom stereocenters. The highest BCUT2D eigenvalue weighted by atomic mass is 19.4. The zero-order valence-corrected chi connectivity index (χ0v) is 9.46. The Hall–Kier alpha value is -0.780. The van der Waals surface area contributed by atoms with Gasteiger partial charge in [0.25, 0.3) is 0 Å². The van der Waals surface area contributed by atoms with Crippen LogP contribution in [0.25, 0.3) is 0 Å². The fourth-order valence-electron chi connectivity index (χ4n) is 2.48. The number of likely N-dealkylation sites (tertiary alicyclic amines) is 1. The van der Waals surface area contributed by atoms with Crippen LogP contribution in [0.4, 0.5) is 13.2 Å². The summed E-state index contributed by atoms with van der Waals surface area (Å²) in [4.78, 5) is 13.1. The van der Waals surface area contributed by atoms with Gasteiger partial charge < -0.3 is 10.0 Å². The zero-order valence-electron chi connectivity index (χ0n) is 9.46. The Kier molecular flexibility index (Phi) is 3.10. The van der Waals surface area contributed by atoms with E-state index in [4.69, 9.17) is 0 Å². The van der Waals surface area contributed by atoms with Crippen molar-refractivity contribution >= 4 is 5.91 Å². The van der Waals surface area contributed by atoms with Crippen LogP contribution in [0.2, 0.25) is 0 Å². The average molecular weight is 251 g/mol. The number of hydrogen-bond donors (Lipinski definition) is 1. The Morgan fingerprint density at radius 1 is 1.41 bits per heavy atom. The predicted molar refractivity (Wildman–Crippen MR) is 54.2 cm³/mol. The van der Waals surface area contributed by atoms with Crippen LogP contribution in [-0.2, 0) is 4.79 Å². The molecule has 1 heterocycles. The van der Waals surface area contributed by atoms with Crippen LogP contribution in [0.15, 0.2) is 0 Å². The number of carbonyl (C=O) groups excluding carboxylic acids is 1. The summed E-state index contributed by atoms with van der Waals surface area (Å²) in [5.41, 5.74) is -0.815. The van der Waals surface area contributed by atoms with Gasteiger partial charge in [-0.2, -0.15) is 13.2 Å². The first kappa shape index (κ1) is 12.7. The topological polar surface area (TPSA) is 40.5 Å². The van der Waals surface area contributed by atoms with Crippen molar-refractivity contribution in [3.8, 4) is 0 Å². The molecule has 1 atom stereocenters. The number of aliphatic hydroxyl groups is 1. The highest BCUT2D eigenvalue weighted by Crippen LogP contribution is 2.44. The quantitative estimate of drug-likeness (QED) is 0.831. The lowest BCUT2D eigenvalue weighted by molar-refractivity contribution is -0.151. The lowest BCUT2D eigenvalue weighted by Crippen LogP contribution is -2.44. The molecule has 0 aromatic rings. The van der Waals surface area contributed by atoms with Crippen LogP contribution in [0.5, 0.6) is 0 Å². The normalized spacial score (nSPS) is 27.3. The second-order valence-electron chi connectivity index (χ2n) is 4.96. The van der Waals surface area contributed by atoms with E-state index < -0.39 is 30.5 Å². The van der Waals surface area contributed by atoms with E-state index in [9.17, 15) is 23.1 Å². The van der Waals surface area contributed by atoms with E-state index in [0.717, 1.165) is 6.42 Å². The van der Waals surface area contributed by atoms with Crippen LogP contribution < -0.4 is 0 Å². The SMILES string of the molecule is O=C(CCC(F)(F)F)N1CCCC1C1(O)CC1. The fraction of sp³-hybridized carbons (Fsp3) is 0.909. The van der Waals surface area contributed by atoms with Gasteiger partial charge in [-0.1, -0.05) is 0 Å². The third kappa shape index (κ3) is 2.91. The molecule has 1 saturated carbocycles. The molecule has 1 N–H and O–H groups in total. The minimum atomic E-state index is -4.29. The largest absolute Gasteiger partial charge is 0.389 e. The van der Waals surface area contributed by atoms with Gasteiger partial charge >= 0.3 is 6.18 Å². The standard InChI is InChI=1S/C11H16F3NO2/c12-11(13,14)4-3-9(16)15-7-1-2-8(15)10(17)5-6-10/h8,17H,1-7H2. The molecule has 1 amide bonds. The lowest BCUT2D eigenvalue weighted by atomic mass is 10.1. The molecule has 1 saturated heterocycles. The number of alkyl halides is 3. The number of nitrogens with zero attached hydrogens (tertiary/aromatic N) is 1. The molecule has 0 aromatic heterocycles. The number of halogens is 3. The minimum Gasteiger partial charge on any atom is -0.388 e. The van der Waals surface area contributed by atoms with E-state index in [1.165, 1.54) is 4.90 Å². The predicted octanol–water partition coefficient (Wildman–Crippen LogP) is 1.84. The molecule has 98 valence electrons. The third-order valence-electron chi connectivity index (χ3n) is 3.58. The van der Waals surface area contributed by atoms with Gasteiger partial charge in [-0.3, -0.25) is 4.79 Å². The first-order chi connectivity index (χ1) is 7.82. The highest BCUT2D eigenvalue weighted by molar-refractivity contribution is 5.77. The van der Waals surface area contributed by atoms with Crippen molar-refractivity contribution in [1.29, 1.82) is 0 Å². The van der Waals surface area contributed by atoms with Gasteiger partial charge in [0.1, 0.15) is 0 Å². The van der Waals surface area contributed by atoms with Gasteiger partial charge in [0, 0.05) is 13.0 Å². The third-order valence-corrected chi connectivity index (χ3v) is 3.58. The summed E-state index contributed by atoms with van der Waals surface area (Å²) in [7, 11) is 0. The number of carbonyl (C=O) groups is 1. The van der Waals surface area contributed by atoms with Gasteiger partial charge in [-0.15, -0.1) is 0 Å². The Bertz CT molecular complexity index is 312. The van der Waals surface area contributed by atoms with Crippen molar-refractivity contribution in [2.75, 3.05) is 6.54 Å². The number of amides is 1. The van der Waals surface area contributed by atoms with Crippen molar-refractivity contribution in [3.05, 3.63) is 0 Å². The first-order valence-electron chi connectivity index (χ1n) is 5.90. The second-order valence-corrected chi connectivity index (χ2v) is 4.96. The summed E-state index contributed by atoms with van der Waals surface area (Å²) in [6.45, 7) is 0.476. The van der Waals surface area contributed by atoms with Crippen molar-refractivity contribution in [2.24, 2.45) is 0 Å². The molecule has 0 radical (unpaired) electrons. The van der Waals surface area contributed by atoms with E-state index in [0.29, 0.717) is 25.8 Å². The maximum atomic E-state index is 12.0. The van der Waals surface area contributed by atoms with Crippen molar-refractivity contribution < 1.29 is 23.1 Å². The van der Waals surface area contributed by atoms with Gasteiger partial charge in [-0.05, 0) is 25.7 Å². The summed E-state index contributed by atoms with van der Waals surface area (Å²) in [5.74, 6) is -0.481. The Balaban J connectivity index is 1.90. The molecule has 2 rings (SSSR count). The second kappa shape index (κ2) is 4.15. The lowest BCUT2D eigenvalue weighted by Gasteiger charge is -2.29. The molecule has 17 heavy (non-hydrogen) atoms. The monoisotopic (exact) mass is 251 g/mol. The van der Waals surface area contributed by atoms with E-state index in [1.807, 2.05) is 0 Å². The Morgan fingerprint density at radius 2 is 2.06 bits per heavy atom. The minimum absolute atomic E-state index is 0.261. The molecule has 0 aromatic carbocycles. The Morgan fingerprint density at radius 3 is 2.59 bits per heavy atom. The van der Waals surface area contributed by atoms with Crippen molar-refractivity contribution in [2.45, 2.75) is 56.3 Å². The number of hydrogen-bond acceptors (Lipinski definition) is 2. The highest BCUT2D eigenvalue weighted by Gasteiger charge is 2.52. The van der Waals surface area contributed by atoms with E-state index >= 15 is 0 Å². The van der Waals surface area contributed by atoms with Gasteiger partial charge in [0.15, 0.2) is 0 Å². The average Bonchev–Trinajstić information content (AvgIpc) is 2.80. The van der Waals surface area contributed by atoms with Gasteiger partial charge in [0.2, 0.25) is 5.91 Å².